The molecular weight excluding hydrogens is 539 g/mol. The lowest BCUT2D eigenvalue weighted by Crippen LogP contribution is -2.30. The fourth-order valence-corrected chi connectivity index (χ4v) is 5.37. The fraction of sp³-hybridized carbons (Fsp3) is 0.455. The van der Waals surface area contributed by atoms with Crippen molar-refractivity contribution in [3.63, 3.8) is 0 Å². The van der Waals surface area contributed by atoms with E-state index in [1.54, 1.807) is 19.1 Å². The Balaban J connectivity index is 1.45. The highest BCUT2D eigenvalue weighted by atomic mass is 19.1. The van der Waals surface area contributed by atoms with Gasteiger partial charge in [-0.05, 0) is 85.9 Å². The molecule has 2 saturated carbocycles. The van der Waals surface area contributed by atoms with Crippen LogP contribution in [0.2, 0.25) is 0 Å². The molecule has 3 N–H and O–H groups in total. The molecule has 2 heterocycles. The van der Waals surface area contributed by atoms with Gasteiger partial charge in [0.25, 0.3) is 5.91 Å². The number of hydrogen-bond acceptors (Lipinski definition) is 5. The molecule has 1 amide bonds. The summed E-state index contributed by atoms with van der Waals surface area (Å²) in [5, 5.41) is 3.07. The molecule has 0 saturated heterocycles. The lowest BCUT2D eigenvalue weighted by molar-refractivity contribution is 0.0950. The largest absolute Gasteiger partial charge is 0.398 e. The van der Waals surface area contributed by atoms with Gasteiger partial charge in [0.2, 0.25) is 0 Å². The van der Waals surface area contributed by atoms with E-state index in [-0.39, 0.29) is 29.0 Å². The third-order valence-electron chi connectivity index (χ3n) is 8.61. The first-order valence-corrected chi connectivity index (χ1v) is 14.7. The minimum absolute atomic E-state index is 0.0844. The van der Waals surface area contributed by atoms with Crippen molar-refractivity contribution in [2.75, 3.05) is 12.3 Å². The molecule has 2 aromatic heterocycles. The van der Waals surface area contributed by atoms with Crippen molar-refractivity contribution in [1.82, 2.24) is 15.3 Å². The monoisotopic (exact) mass is 577 g/mol. The van der Waals surface area contributed by atoms with Crippen LogP contribution >= 0.6 is 0 Å². The van der Waals surface area contributed by atoms with E-state index in [9.17, 15) is 13.6 Å². The topological polar surface area (TPSA) is 93.3 Å². The number of aliphatic imine (C=N–C) groups is 1. The molecule has 0 bridgehead atoms. The van der Waals surface area contributed by atoms with Gasteiger partial charge in [-0.2, -0.15) is 0 Å². The molecule has 6 nitrogen and oxygen atoms in total. The van der Waals surface area contributed by atoms with E-state index >= 15 is 4.39 Å². The zero-order valence-electron chi connectivity index (χ0n) is 24.6. The Hall–Kier alpha value is -3.75. The van der Waals surface area contributed by atoms with Crippen LogP contribution in [-0.2, 0) is 6.67 Å². The SMILES string of the molecule is CCC(C)c1cc(C(CNC(=O)c2cc(C)c(N)c(/C=N/C3(F)CC3)c2)C2CC2)nc(-c2cc(CF)ncc2F)c1C. The van der Waals surface area contributed by atoms with Gasteiger partial charge in [0.05, 0.1) is 17.6 Å². The lowest BCUT2D eigenvalue weighted by Gasteiger charge is -2.23. The van der Waals surface area contributed by atoms with Crippen LogP contribution in [0.1, 0.15) is 102 Å². The summed E-state index contributed by atoms with van der Waals surface area (Å²) >= 11 is 0. The Morgan fingerprint density at radius 1 is 1.24 bits per heavy atom. The summed E-state index contributed by atoms with van der Waals surface area (Å²) in [6.07, 6.45) is 6.14. The number of amides is 1. The van der Waals surface area contributed by atoms with Crippen LogP contribution < -0.4 is 11.1 Å². The van der Waals surface area contributed by atoms with Gasteiger partial charge in [0, 0.05) is 59.6 Å². The van der Waals surface area contributed by atoms with Gasteiger partial charge in [-0.1, -0.05) is 13.8 Å². The number of carbonyl (C=O) groups is 1. The van der Waals surface area contributed by atoms with Crippen LogP contribution in [0.25, 0.3) is 11.3 Å². The molecule has 42 heavy (non-hydrogen) atoms. The number of nitrogens with zero attached hydrogens (tertiary/aromatic N) is 3. The third kappa shape index (κ3) is 6.35. The average molecular weight is 578 g/mol. The molecule has 5 rings (SSSR count). The van der Waals surface area contributed by atoms with Crippen molar-refractivity contribution in [2.24, 2.45) is 10.9 Å². The van der Waals surface area contributed by atoms with Gasteiger partial charge >= 0.3 is 0 Å². The maximum Gasteiger partial charge on any atom is 0.251 e. The van der Waals surface area contributed by atoms with Gasteiger partial charge in [-0.25, -0.2) is 13.2 Å². The van der Waals surface area contributed by atoms with Crippen molar-refractivity contribution in [3.8, 4) is 11.3 Å². The minimum Gasteiger partial charge on any atom is -0.398 e. The van der Waals surface area contributed by atoms with Gasteiger partial charge < -0.3 is 11.1 Å². The van der Waals surface area contributed by atoms with E-state index in [0.717, 1.165) is 42.3 Å². The van der Waals surface area contributed by atoms with E-state index < -0.39 is 18.3 Å². The van der Waals surface area contributed by atoms with Gasteiger partial charge in [-0.3, -0.25) is 19.8 Å². The number of anilines is 1. The molecule has 2 aliphatic rings. The molecule has 0 aliphatic heterocycles. The number of rotatable bonds is 11. The Bertz CT molecular complexity index is 1530. The van der Waals surface area contributed by atoms with Crippen LogP contribution in [0.4, 0.5) is 18.9 Å². The minimum atomic E-state index is -1.52. The number of halogens is 3. The summed E-state index contributed by atoms with van der Waals surface area (Å²) < 4.78 is 42.6. The molecule has 2 aliphatic carbocycles. The maximum absolute atomic E-state index is 15.0. The molecule has 0 radical (unpaired) electrons. The first-order valence-electron chi connectivity index (χ1n) is 14.7. The summed E-state index contributed by atoms with van der Waals surface area (Å²) in [6, 6.07) is 6.87. The Morgan fingerprint density at radius 3 is 2.62 bits per heavy atom. The number of nitrogen functional groups attached to an aromatic ring is 1. The normalized spacial score (nSPS) is 17.3. The van der Waals surface area contributed by atoms with Crippen molar-refractivity contribution in [3.05, 3.63) is 75.5 Å². The Labute approximate surface area is 245 Å². The number of alkyl halides is 2. The molecule has 9 heteroatoms. The smallest absolute Gasteiger partial charge is 0.251 e. The van der Waals surface area contributed by atoms with E-state index in [1.165, 1.54) is 12.3 Å². The van der Waals surface area contributed by atoms with Crippen molar-refractivity contribution >= 4 is 17.8 Å². The molecule has 1 aromatic carbocycles. The highest BCUT2D eigenvalue weighted by molar-refractivity contribution is 5.99. The highest BCUT2D eigenvalue weighted by Crippen LogP contribution is 2.44. The predicted molar refractivity (Wildman–Crippen MR) is 160 cm³/mol. The zero-order chi connectivity index (χ0) is 30.2. The van der Waals surface area contributed by atoms with Crippen LogP contribution in [-0.4, -0.2) is 34.4 Å². The number of nitrogens with two attached hydrogens (primary N) is 1. The number of aromatic nitrogens is 2. The average Bonchev–Trinajstić information content (AvgIpc) is 3.92. The van der Waals surface area contributed by atoms with Crippen molar-refractivity contribution < 1.29 is 18.0 Å². The lowest BCUT2D eigenvalue weighted by atomic mass is 9.88. The number of benzene rings is 1. The maximum atomic E-state index is 15.0. The Kier molecular flexibility index (Phi) is 8.39. The summed E-state index contributed by atoms with van der Waals surface area (Å²) in [4.78, 5) is 26.2. The Morgan fingerprint density at radius 2 is 1.98 bits per heavy atom. The molecule has 222 valence electrons. The number of hydrogen-bond donors (Lipinski definition) is 2. The summed E-state index contributed by atoms with van der Waals surface area (Å²) in [5.41, 5.74) is 11.9. The summed E-state index contributed by atoms with van der Waals surface area (Å²) in [5.74, 6) is -1.90. The van der Waals surface area contributed by atoms with Crippen LogP contribution in [0.15, 0.2) is 35.5 Å². The molecule has 2 atom stereocenters. The zero-order valence-corrected chi connectivity index (χ0v) is 24.6. The molecule has 2 unspecified atom stereocenters. The van der Waals surface area contributed by atoms with Crippen molar-refractivity contribution in [1.29, 1.82) is 0 Å². The number of pyridine rings is 2. The highest BCUT2D eigenvalue weighted by Gasteiger charge is 2.42. The van der Waals surface area contributed by atoms with Gasteiger partial charge in [-0.15, -0.1) is 0 Å². The number of carbonyl (C=O) groups excluding carboxylic acids is 1. The molecular formula is C33H38F3N5O. The first-order chi connectivity index (χ1) is 20.0. The third-order valence-corrected chi connectivity index (χ3v) is 8.61. The van der Waals surface area contributed by atoms with Crippen LogP contribution in [0.3, 0.4) is 0 Å². The van der Waals surface area contributed by atoms with E-state index in [2.05, 4.69) is 35.2 Å². The quantitative estimate of drug-likeness (QED) is 0.142. The second-order valence-electron chi connectivity index (χ2n) is 11.8. The van der Waals surface area contributed by atoms with E-state index in [4.69, 9.17) is 10.7 Å². The van der Waals surface area contributed by atoms with E-state index in [0.29, 0.717) is 53.4 Å². The molecule has 3 aromatic rings. The van der Waals surface area contributed by atoms with E-state index in [1.807, 2.05) is 6.92 Å². The second kappa shape index (κ2) is 11.9. The summed E-state index contributed by atoms with van der Waals surface area (Å²) in [7, 11) is 0. The standard InChI is InChI=1S/C33H38F3N5O/c1-5-18(2)25-13-29(41-31(20(25)4)26-12-24(14-34)38-17-28(26)35)27(21-6-7-21)16-39-32(42)22-10-19(3)30(37)23(11-22)15-40-33(36)8-9-33/h10-13,15,17-18,21,27H,5-9,14,16,37H2,1-4H3,(H,39,42)/b40-15+. The molecule has 2 fully saturated rings. The van der Waals surface area contributed by atoms with Gasteiger partial charge in [0.15, 0.2) is 11.6 Å². The van der Waals surface area contributed by atoms with Crippen LogP contribution in [0.5, 0.6) is 0 Å². The van der Waals surface area contributed by atoms with Crippen molar-refractivity contribution in [2.45, 2.75) is 84.1 Å². The second-order valence-corrected chi connectivity index (χ2v) is 11.8. The summed E-state index contributed by atoms with van der Waals surface area (Å²) in [6.45, 7) is 7.50. The molecule has 0 spiro atoms. The predicted octanol–water partition coefficient (Wildman–Crippen LogP) is 7.27. The van der Waals surface area contributed by atoms with Gasteiger partial charge in [0.1, 0.15) is 6.67 Å². The first kappa shape index (κ1) is 29.7. The van der Waals surface area contributed by atoms with Crippen LogP contribution in [0, 0.1) is 25.6 Å². The fourth-order valence-electron chi connectivity index (χ4n) is 5.37. The number of aryl methyl sites for hydroxylation is 1. The number of nitrogens with one attached hydrogen (secondary N) is 1.